The molecule has 6 nitrogen and oxygen atoms in total. The molecule has 0 aliphatic carbocycles. The molecule has 0 unspecified atom stereocenters. The molecule has 0 saturated heterocycles. The van der Waals surface area contributed by atoms with Crippen molar-refractivity contribution in [3.63, 3.8) is 0 Å². The SMILES string of the molecule is CS(=O)(=O)N(CCC(=O)NCc1ccco1)Cc1ccccc1F. The molecular formula is C16H19FN2O4S. The lowest BCUT2D eigenvalue weighted by atomic mass is 10.2. The summed E-state index contributed by atoms with van der Waals surface area (Å²) in [6.45, 7) is 0.0894. The van der Waals surface area contributed by atoms with E-state index in [1.165, 1.54) is 24.5 Å². The third-order valence-corrected chi connectivity index (χ3v) is 4.65. The Kier molecular flexibility index (Phi) is 6.10. The minimum absolute atomic E-state index is 0.0256. The first-order valence-corrected chi connectivity index (χ1v) is 9.18. The van der Waals surface area contributed by atoms with Crippen molar-refractivity contribution in [3.05, 3.63) is 59.8 Å². The summed E-state index contributed by atoms with van der Waals surface area (Å²) in [7, 11) is -3.57. The topological polar surface area (TPSA) is 79.6 Å². The Morgan fingerprint density at radius 3 is 2.62 bits per heavy atom. The van der Waals surface area contributed by atoms with Gasteiger partial charge in [0.25, 0.3) is 0 Å². The molecule has 1 aromatic heterocycles. The summed E-state index contributed by atoms with van der Waals surface area (Å²) < 4.78 is 43.6. The van der Waals surface area contributed by atoms with Crippen LogP contribution in [-0.2, 0) is 27.9 Å². The monoisotopic (exact) mass is 354 g/mol. The molecule has 1 amide bonds. The smallest absolute Gasteiger partial charge is 0.221 e. The molecule has 0 aliphatic heterocycles. The number of rotatable bonds is 8. The highest BCUT2D eigenvalue weighted by Gasteiger charge is 2.19. The number of nitrogens with zero attached hydrogens (tertiary/aromatic N) is 1. The number of furan rings is 1. The Hall–Kier alpha value is -2.19. The van der Waals surface area contributed by atoms with Gasteiger partial charge in [0.15, 0.2) is 0 Å². The maximum Gasteiger partial charge on any atom is 0.221 e. The molecule has 0 saturated carbocycles. The van der Waals surface area contributed by atoms with Crippen molar-refractivity contribution < 1.29 is 22.0 Å². The number of carbonyl (C=O) groups excluding carboxylic acids is 1. The van der Waals surface area contributed by atoms with Crippen LogP contribution in [0.4, 0.5) is 4.39 Å². The first-order valence-electron chi connectivity index (χ1n) is 7.34. The molecule has 24 heavy (non-hydrogen) atoms. The van der Waals surface area contributed by atoms with E-state index in [2.05, 4.69) is 5.32 Å². The van der Waals surface area contributed by atoms with Gasteiger partial charge in [-0.1, -0.05) is 18.2 Å². The van der Waals surface area contributed by atoms with Gasteiger partial charge >= 0.3 is 0 Å². The van der Waals surface area contributed by atoms with E-state index in [-0.39, 0.29) is 37.5 Å². The molecule has 1 aromatic carbocycles. The van der Waals surface area contributed by atoms with Gasteiger partial charge in [-0.05, 0) is 18.2 Å². The minimum Gasteiger partial charge on any atom is -0.467 e. The van der Waals surface area contributed by atoms with Gasteiger partial charge in [-0.3, -0.25) is 4.79 Å². The Morgan fingerprint density at radius 2 is 2.00 bits per heavy atom. The summed E-state index contributed by atoms with van der Waals surface area (Å²) in [4.78, 5) is 11.8. The molecular weight excluding hydrogens is 335 g/mol. The summed E-state index contributed by atoms with van der Waals surface area (Å²) >= 11 is 0. The molecule has 0 radical (unpaired) electrons. The molecule has 0 aliphatic rings. The fraction of sp³-hybridized carbons (Fsp3) is 0.312. The largest absolute Gasteiger partial charge is 0.467 e. The lowest BCUT2D eigenvalue weighted by Crippen LogP contribution is -2.34. The molecule has 1 heterocycles. The molecule has 2 rings (SSSR count). The van der Waals surface area contributed by atoms with E-state index in [1.54, 1.807) is 18.2 Å². The van der Waals surface area contributed by atoms with Crippen LogP contribution in [0.1, 0.15) is 17.7 Å². The second-order valence-electron chi connectivity index (χ2n) is 5.29. The number of halogens is 1. The minimum atomic E-state index is -3.57. The van der Waals surface area contributed by atoms with E-state index in [0.29, 0.717) is 5.76 Å². The Labute approximate surface area is 140 Å². The molecule has 0 fully saturated rings. The van der Waals surface area contributed by atoms with Gasteiger partial charge in [0.1, 0.15) is 11.6 Å². The first kappa shape index (κ1) is 18.2. The average Bonchev–Trinajstić information content (AvgIpc) is 3.03. The summed E-state index contributed by atoms with van der Waals surface area (Å²) in [6.07, 6.45) is 2.51. The maximum atomic E-state index is 13.7. The van der Waals surface area contributed by atoms with E-state index in [4.69, 9.17) is 4.42 Å². The number of hydrogen-bond acceptors (Lipinski definition) is 4. The summed E-state index contributed by atoms with van der Waals surface area (Å²) in [5.41, 5.74) is 0.263. The van der Waals surface area contributed by atoms with Crippen molar-refractivity contribution in [2.75, 3.05) is 12.8 Å². The quantitative estimate of drug-likeness (QED) is 0.785. The Balaban J connectivity index is 1.92. The van der Waals surface area contributed by atoms with Crippen LogP contribution >= 0.6 is 0 Å². The number of amides is 1. The molecule has 0 atom stereocenters. The van der Waals surface area contributed by atoms with Gasteiger partial charge in [-0.25, -0.2) is 12.8 Å². The normalized spacial score (nSPS) is 11.6. The van der Waals surface area contributed by atoms with Crippen molar-refractivity contribution in [1.29, 1.82) is 0 Å². The number of nitrogens with one attached hydrogen (secondary N) is 1. The predicted molar refractivity (Wildman–Crippen MR) is 86.8 cm³/mol. The second-order valence-corrected chi connectivity index (χ2v) is 7.28. The summed E-state index contributed by atoms with van der Waals surface area (Å²) in [5, 5.41) is 2.64. The van der Waals surface area contributed by atoms with E-state index >= 15 is 0 Å². The van der Waals surface area contributed by atoms with Crippen molar-refractivity contribution in [1.82, 2.24) is 9.62 Å². The highest BCUT2D eigenvalue weighted by molar-refractivity contribution is 7.88. The molecule has 0 bridgehead atoms. The highest BCUT2D eigenvalue weighted by Crippen LogP contribution is 2.12. The van der Waals surface area contributed by atoms with Gasteiger partial charge < -0.3 is 9.73 Å². The average molecular weight is 354 g/mol. The lowest BCUT2D eigenvalue weighted by molar-refractivity contribution is -0.121. The predicted octanol–water partition coefficient (Wildman–Crippen LogP) is 1.89. The van der Waals surface area contributed by atoms with E-state index in [1.807, 2.05) is 0 Å². The van der Waals surface area contributed by atoms with Gasteiger partial charge in [-0.15, -0.1) is 0 Å². The van der Waals surface area contributed by atoms with Crippen molar-refractivity contribution >= 4 is 15.9 Å². The van der Waals surface area contributed by atoms with Gasteiger partial charge in [0.05, 0.1) is 19.1 Å². The fourth-order valence-corrected chi connectivity index (χ4v) is 2.89. The van der Waals surface area contributed by atoms with Crippen LogP contribution in [-0.4, -0.2) is 31.4 Å². The van der Waals surface area contributed by atoms with E-state index in [9.17, 15) is 17.6 Å². The molecule has 8 heteroatoms. The zero-order valence-corrected chi connectivity index (χ0v) is 14.1. The Bertz CT molecular complexity index is 775. The molecule has 0 spiro atoms. The zero-order chi connectivity index (χ0) is 17.6. The third-order valence-electron chi connectivity index (χ3n) is 3.40. The highest BCUT2D eigenvalue weighted by atomic mass is 32.2. The van der Waals surface area contributed by atoms with Crippen molar-refractivity contribution in [2.45, 2.75) is 19.5 Å². The number of sulfonamides is 1. The van der Waals surface area contributed by atoms with E-state index < -0.39 is 15.8 Å². The molecule has 2 aromatic rings. The number of benzene rings is 1. The summed E-state index contributed by atoms with van der Waals surface area (Å²) in [6, 6.07) is 9.39. The maximum absolute atomic E-state index is 13.7. The van der Waals surface area contributed by atoms with Crippen LogP contribution < -0.4 is 5.32 Å². The molecule has 130 valence electrons. The van der Waals surface area contributed by atoms with Crippen molar-refractivity contribution in [3.8, 4) is 0 Å². The van der Waals surface area contributed by atoms with Crippen LogP contribution in [0.5, 0.6) is 0 Å². The summed E-state index contributed by atoms with van der Waals surface area (Å²) in [5.74, 6) is -0.184. The number of hydrogen-bond donors (Lipinski definition) is 1. The third kappa shape index (κ3) is 5.47. The lowest BCUT2D eigenvalue weighted by Gasteiger charge is -2.20. The van der Waals surface area contributed by atoms with Crippen LogP contribution in [0.2, 0.25) is 0 Å². The van der Waals surface area contributed by atoms with Gasteiger partial charge in [-0.2, -0.15) is 4.31 Å². The van der Waals surface area contributed by atoms with Crippen LogP contribution in [0.3, 0.4) is 0 Å². The van der Waals surface area contributed by atoms with Gasteiger partial charge in [0, 0.05) is 25.1 Å². The second kappa shape index (κ2) is 8.07. The van der Waals surface area contributed by atoms with Crippen LogP contribution in [0.15, 0.2) is 47.1 Å². The van der Waals surface area contributed by atoms with E-state index in [0.717, 1.165) is 10.6 Å². The first-order chi connectivity index (χ1) is 11.4. The van der Waals surface area contributed by atoms with Gasteiger partial charge in [0.2, 0.25) is 15.9 Å². The standard InChI is InChI=1S/C16H19FN2O4S/c1-24(21,22)19(12-13-5-2-3-7-15(13)17)9-8-16(20)18-11-14-6-4-10-23-14/h2-7,10H,8-9,11-12H2,1H3,(H,18,20). The molecule has 1 N–H and O–H groups in total. The number of carbonyl (C=O) groups is 1. The fourth-order valence-electron chi connectivity index (χ4n) is 2.09. The Morgan fingerprint density at radius 1 is 1.25 bits per heavy atom. The zero-order valence-electron chi connectivity index (χ0n) is 13.2. The van der Waals surface area contributed by atoms with Crippen molar-refractivity contribution in [2.24, 2.45) is 0 Å². The van der Waals surface area contributed by atoms with Crippen LogP contribution in [0, 0.1) is 5.82 Å². The van der Waals surface area contributed by atoms with Crippen LogP contribution in [0.25, 0.3) is 0 Å².